The van der Waals surface area contributed by atoms with E-state index in [-0.39, 0.29) is 18.4 Å². The van der Waals surface area contributed by atoms with Crippen molar-refractivity contribution in [2.24, 2.45) is 5.73 Å². The lowest BCUT2D eigenvalue weighted by Gasteiger charge is -2.28. The lowest BCUT2D eigenvalue weighted by Crippen LogP contribution is -2.40. The summed E-state index contributed by atoms with van der Waals surface area (Å²) in [4.78, 5) is 1.09. The molecule has 0 amide bonds. The molecule has 6 aromatic carbocycles. The van der Waals surface area contributed by atoms with Crippen molar-refractivity contribution in [3.8, 4) is 0 Å². The van der Waals surface area contributed by atoms with Gasteiger partial charge in [0.05, 0.1) is 12.3 Å². The van der Waals surface area contributed by atoms with Crippen molar-refractivity contribution in [3.05, 3.63) is 180 Å². The van der Waals surface area contributed by atoms with Crippen LogP contribution in [0.3, 0.4) is 0 Å². The minimum atomic E-state index is -0.319. The molecule has 6 N–H and O–H groups in total. The second kappa shape index (κ2) is 22.3. The molecule has 3 atom stereocenters. The summed E-state index contributed by atoms with van der Waals surface area (Å²) >= 11 is 1.76. The lowest BCUT2D eigenvalue weighted by molar-refractivity contribution is 0.357. The summed E-state index contributed by atoms with van der Waals surface area (Å²) in [7, 11) is 0. The van der Waals surface area contributed by atoms with Crippen molar-refractivity contribution in [2.75, 3.05) is 5.73 Å². The highest BCUT2D eigenvalue weighted by atomic mass is 32.2. The fourth-order valence-corrected chi connectivity index (χ4v) is 7.11. The van der Waals surface area contributed by atoms with Crippen molar-refractivity contribution < 1.29 is 4.42 Å². The van der Waals surface area contributed by atoms with Crippen LogP contribution in [0.4, 0.5) is 5.69 Å². The molecule has 7 rings (SSSR count). The molecule has 286 valence electrons. The summed E-state index contributed by atoms with van der Waals surface area (Å²) in [5.41, 5.74) is 20.3. The summed E-state index contributed by atoms with van der Waals surface area (Å²) in [6.45, 7) is 14.2. The molecule has 0 spiro atoms. The first-order chi connectivity index (χ1) is 26.9. The van der Waals surface area contributed by atoms with Gasteiger partial charge in [-0.1, -0.05) is 153 Å². The number of hydrogen-bond acceptors (Lipinski definition) is 6. The van der Waals surface area contributed by atoms with Crippen LogP contribution in [0.1, 0.15) is 89.1 Å². The molecule has 0 saturated carbocycles. The molecule has 7 aromatic rings. The number of fused-ring (bicyclic) bond motifs is 4. The lowest BCUT2D eigenvalue weighted by atomic mass is 10.0. The average Bonchev–Trinajstić information content (AvgIpc) is 3.64. The number of nitrogens with two attached hydrogens (primary N) is 2. The Bertz CT molecular complexity index is 2230. The number of allylic oxidation sites excluding steroid dienone is 4. The third-order valence-corrected chi connectivity index (χ3v) is 10.3. The molecule has 0 radical (unpaired) electrons. The van der Waals surface area contributed by atoms with Crippen LogP contribution < -0.4 is 22.1 Å². The van der Waals surface area contributed by atoms with E-state index in [1.807, 2.05) is 120 Å². The summed E-state index contributed by atoms with van der Waals surface area (Å²) < 4.78 is 6.28. The summed E-state index contributed by atoms with van der Waals surface area (Å²) in [5.74, 6) is 0.756. The van der Waals surface area contributed by atoms with Crippen molar-refractivity contribution in [1.82, 2.24) is 10.6 Å². The maximum atomic E-state index is 6.60. The van der Waals surface area contributed by atoms with Crippen LogP contribution in [-0.4, -0.2) is 0 Å². The van der Waals surface area contributed by atoms with Crippen LogP contribution in [0.2, 0.25) is 0 Å². The maximum absolute atomic E-state index is 6.60. The fraction of sp³-hybridized carbons (Fsp3) is 0.224. The maximum Gasteiger partial charge on any atom is 0.139 e. The van der Waals surface area contributed by atoms with E-state index in [4.69, 9.17) is 15.9 Å². The minimum absolute atomic E-state index is 0.0504. The number of nitrogens with one attached hydrogen (secondary N) is 2. The van der Waals surface area contributed by atoms with E-state index in [1.165, 1.54) is 5.56 Å². The Morgan fingerprint density at radius 3 is 1.87 bits per heavy atom. The Morgan fingerprint density at radius 2 is 1.22 bits per heavy atom. The number of anilines is 1. The molecule has 1 heterocycles. The van der Waals surface area contributed by atoms with Gasteiger partial charge in [0, 0.05) is 38.7 Å². The van der Waals surface area contributed by atoms with Crippen LogP contribution >= 0.6 is 11.8 Å². The highest BCUT2D eigenvalue weighted by molar-refractivity contribution is 7.99. The number of rotatable bonds is 10. The van der Waals surface area contributed by atoms with Crippen LogP contribution in [0.15, 0.2) is 167 Å². The van der Waals surface area contributed by atoms with Gasteiger partial charge in [0.15, 0.2) is 0 Å². The second-order valence-corrected chi connectivity index (χ2v) is 13.8. The molecule has 3 unspecified atom stereocenters. The van der Waals surface area contributed by atoms with Gasteiger partial charge in [-0.15, -0.1) is 11.8 Å². The molecule has 55 heavy (non-hydrogen) atoms. The monoisotopic (exact) mass is 750 g/mol. The van der Waals surface area contributed by atoms with Gasteiger partial charge < -0.3 is 15.9 Å². The van der Waals surface area contributed by atoms with Gasteiger partial charge in [0.2, 0.25) is 0 Å². The molecule has 0 bridgehead atoms. The molecule has 0 aliphatic heterocycles. The van der Waals surface area contributed by atoms with Gasteiger partial charge in [0.25, 0.3) is 0 Å². The standard InChI is InChI=1S/C39H36N4OS.2C4H8.C2H6/c1-25(42-39(27-13-6-3-7-14-27)43-38(41)26-11-4-2-5-12-26)28-19-21-31-29(23-28)20-22-34(40)37(31)45-24-30-15-10-17-33-32-16-8-9-18-35(32)44-36(30)33;2*1-3-4-2;1-2/h2-23,25,38-39,42-43H,24,40-41H2,1H3;2*3-4H,1-2H3;1-2H3/b;2*4-3-;. The van der Waals surface area contributed by atoms with Gasteiger partial charge in [-0.2, -0.15) is 0 Å². The molecule has 5 nitrogen and oxygen atoms in total. The Morgan fingerprint density at radius 1 is 0.618 bits per heavy atom. The van der Waals surface area contributed by atoms with E-state index < -0.39 is 0 Å². The Balaban J connectivity index is 0.000000607. The van der Waals surface area contributed by atoms with E-state index in [2.05, 4.69) is 96.4 Å². The first-order valence-electron chi connectivity index (χ1n) is 19.2. The highest BCUT2D eigenvalue weighted by Gasteiger charge is 2.19. The number of benzene rings is 6. The predicted octanol–water partition coefficient (Wildman–Crippen LogP) is 13.4. The van der Waals surface area contributed by atoms with E-state index in [1.54, 1.807) is 11.8 Å². The van der Waals surface area contributed by atoms with Gasteiger partial charge in [-0.05, 0) is 80.3 Å². The van der Waals surface area contributed by atoms with Crippen LogP contribution in [0.5, 0.6) is 0 Å². The first-order valence-corrected chi connectivity index (χ1v) is 20.2. The molecule has 0 aliphatic rings. The topological polar surface area (TPSA) is 89.2 Å². The largest absolute Gasteiger partial charge is 0.456 e. The molecule has 0 saturated heterocycles. The number of nitrogen functional groups attached to an aromatic ring is 1. The Hall–Kier alpha value is -5.11. The summed E-state index contributed by atoms with van der Waals surface area (Å²) in [5, 5.41) is 12.0. The van der Waals surface area contributed by atoms with Crippen molar-refractivity contribution >= 4 is 50.2 Å². The van der Waals surface area contributed by atoms with E-state index >= 15 is 0 Å². The average molecular weight is 751 g/mol. The minimum Gasteiger partial charge on any atom is -0.456 e. The Kier molecular flexibility index (Phi) is 17.3. The smallest absolute Gasteiger partial charge is 0.139 e. The Labute approximate surface area is 332 Å². The normalized spacial score (nSPS) is 12.7. The van der Waals surface area contributed by atoms with Crippen molar-refractivity contribution in [3.63, 3.8) is 0 Å². The van der Waals surface area contributed by atoms with Crippen LogP contribution in [0, 0.1) is 0 Å². The zero-order chi connectivity index (χ0) is 39.6. The second-order valence-electron chi connectivity index (χ2n) is 12.8. The number of hydrogen-bond donors (Lipinski definition) is 4. The SMILES string of the molecule is C/C=C\C.C/C=C\C.CC.CC(NC(NC(N)c1ccccc1)c1ccccc1)c1ccc2c(SCc3cccc4c3oc3ccccc34)c(N)ccc2c1. The van der Waals surface area contributed by atoms with E-state index in [0.29, 0.717) is 0 Å². The van der Waals surface area contributed by atoms with Gasteiger partial charge >= 0.3 is 0 Å². The summed E-state index contributed by atoms with van der Waals surface area (Å²) in [6.07, 6.45) is 7.53. The molecule has 1 aromatic heterocycles. The zero-order valence-corrected chi connectivity index (χ0v) is 34.2. The van der Waals surface area contributed by atoms with Crippen LogP contribution in [0.25, 0.3) is 32.7 Å². The molecular weight excluding hydrogens is 693 g/mol. The van der Waals surface area contributed by atoms with Gasteiger partial charge in [-0.3, -0.25) is 10.6 Å². The van der Waals surface area contributed by atoms with E-state index in [9.17, 15) is 0 Å². The molecule has 6 heteroatoms. The number of thioether (sulfide) groups is 1. The van der Waals surface area contributed by atoms with Gasteiger partial charge in [-0.25, -0.2) is 0 Å². The zero-order valence-electron chi connectivity index (χ0n) is 33.4. The third kappa shape index (κ3) is 11.5. The number of para-hydroxylation sites is 2. The molecule has 0 fully saturated rings. The van der Waals surface area contributed by atoms with Gasteiger partial charge in [0.1, 0.15) is 11.2 Å². The number of furan rings is 1. The van der Waals surface area contributed by atoms with Crippen molar-refractivity contribution in [2.45, 2.75) is 77.5 Å². The quantitative estimate of drug-likeness (QED) is 0.0482. The van der Waals surface area contributed by atoms with E-state index in [0.717, 1.165) is 65.7 Å². The first kappa shape index (κ1) is 42.6. The van der Waals surface area contributed by atoms with Crippen molar-refractivity contribution in [1.29, 1.82) is 0 Å². The summed E-state index contributed by atoms with van der Waals surface area (Å²) in [6, 6.07) is 45.9. The molecular formula is C49H58N4OS. The fourth-order valence-electron chi connectivity index (χ4n) is 6.00. The van der Waals surface area contributed by atoms with Crippen LogP contribution in [-0.2, 0) is 5.75 Å². The predicted molar refractivity (Wildman–Crippen MR) is 241 cm³/mol. The third-order valence-electron chi connectivity index (χ3n) is 9.10. The molecule has 0 aliphatic carbocycles. The highest BCUT2D eigenvalue weighted by Crippen LogP contribution is 2.39.